The van der Waals surface area contributed by atoms with Crippen molar-refractivity contribution in [3.63, 3.8) is 0 Å². The quantitative estimate of drug-likeness (QED) is 0.766. The third-order valence-corrected chi connectivity index (χ3v) is 4.90. The summed E-state index contributed by atoms with van der Waals surface area (Å²) < 4.78 is 31.9. The van der Waals surface area contributed by atoms with Crippen molar-refractivity contribution < 1.29 is 12.8 Å². The maximum absolute atomic E-state index is 12.2. The highest BCUT2D eigenvalue weighted by Gasteiger charge is 2.13. The molecule has 0 aliphatic heterocycles. The number of aromatic nitrogens is 1. The molecule has 0 amide bonds. The van der Waals surface area contributed by atoms with Gasteiger partial charge in [0.1, 0.15) is 0 Å². The molecule has 0 fully saturated rings. The van der Waals surface area contributed by atoms with Crippen LogP contribution in [0.1, 0.15) is 5.56 Å². The summed E-state index contributed by atoms with van der Waals surface area (Å²) in [6.07, 6.45) is 4.81. The van der Waals surface area contributed by atoms with Gasteiger partial charge in [0, 0.05) is 23.3 Å². The fourth-order valence-corrected chi connectivity index (χ4v) is 3.13. The number of nitrogens with zero attached hydrogens (tertiary/aromatic N) is 1. The van der Waals surface area contributed by atoms with Gasteiger partial charge in [-0.2, -0.15) is 0 Å². The molecule has 23 heavy (non-hydrogen) atoms. The summed E-state index contributed by atoms with van der Waals surface area (Å²) >= 11 is 5.76. The van der Waals surface area contributed by atoms with E-state index in [0.717, 1.165) is 16.8 Å². The van der Waals surface area contributed by atoms with E-state index in [1.54, 1.807) is 18.7 Å². The average molecular weight is 349 g/mol. The molecule has 0 aliphatic rings. The van der Waals surface area contributed by atoms with Crippen molar-refractivity contribution in [2.45, 2.75) is 11.4 Å². The van der Waals surface area contributed by atoms with Gasteiger partial charge in [0.2, 0.25) is 10.0 Å². The molecule has 3 rings (SSSR count). The van der Waals surface area contributed by atoms with Crippen LogP contribution >= 0.6 is 11.6 Å². The topological polar surface area (TPSA) is 72.2 Å². The number of nitrogens with one attached hydrogen (secondary N) is 1. The molecule has 0 spiro atoms. The van der Waals surface area contributed by atoms with Crippen LogP contribution in [0.4, 0.5) is 0 Å². The first-order valence-corrected chi connectivity index (χ1v) is 8.63. The smallest absolute Gasteiger partial charge is 0.240 e. The molecule has 0 saturated heterocycles. The first-order valence-electron chi connectivity index (χ1n) is 6.77. The van der Waals surface area contributed by atoms with Crippen molar-refractivity contribution in [1.82, 2.24) is 9.71 Å². The lowest BCUT2D eigenvalue weighted by Crippen LogP contribution is -2.23. The van der Waals surface area contributed by atoms with E-state index in [-0.39, 0.29) is 11.4 Å². The average Bonchev–Trinajstić information content (AvgIpc) is 3.08. The molecule has 1 N–H and O–H groups in total. The second-order valence-corrected chi connectivity index (χ2v) is 7.05. The molecule has 2 heterocycles. The Labute approximate surface area is 139 Å². The molecule has 2 aromatic heterocycles. The zero-order chi connectivity index (χ0) is 16.3. The second kappa shape index (κ2) is 6.54. The Morgan fingerprint density at radius 1 is 1.09 bits per heavy atom. The highest BCUT2D eigenvalue weighted by molar-refractivity contribution is 7.89. The molecule has 3 aromatic rings. The first-order chi connectivity index (χ1) is 11.0. The maximum Gasteiger partial charge on any atom is 0.240 e. The van der Waals surface area contributed by atoms with Crippen LogP contribution in [0.5, 0.6) is 0 Å². The standard InChI is InChI=1S/C16H13ClN2O3S/c17-14-2-4-15(5-3-14)23(20,21)19-10-12-1-6-16(18-9-12)13-7-8-22-11-13/h1-9,11,19H,10H2. The Morgan fingerprint density at radius 2 is 1.87 bits per heavy atom. The van der Waals surface area contributed by atoms with Crippen molar-refractivity contribution in [3.8, 4) is 11.3 Å². The van der Waals surface area contributed by atoms with Crippen molar-refractivity contribution in [2.75, 3.05) is 0 Å². The summed E-state index contributed by atoms with van der Waals surface area (Å²) in [5.41, 5.74) is 2.40. The Kier molecular flexibility index (Phi) is 4.47. The van der Waals surface area contributed by atoms with Crippen LogP contribution in [-0.2, 0) is 16.6 Å². The van der Waals surface area contributed by atoms with Gasteiger partial charge in [-0.3, -0.25) is 4.98 Å². The second-order valence-electron chi connectivity index (χ2n) is 4.84. The van der Waals surface area contributed by atoms with Gasteiger partial charge < -0.3 is 4.42 Å². The molecule has 7 heteroatoms. The summed E-state index contributed by atoms with van der Waals surface area (Å²) in [5.74, 6) is 0. The van der Waals surface area contributed by atoms with Crippen LogP contribution in [0.2, 0.25) is 5.02 Å². The van der Waals surface area contributed by atoms with E-state index < -0.39 is 10.0 Å². The molecule has 118 valence electrons. The fourth-order valence-electron chi connectivity index (χ4n) is 1.99. The maximum atomic E-state index is 12.2. The number of sulfonamides is 1. The van der Waals surface area contributed by atoms with Crippen molar-refractivity contribution in [3.05, 3.63) is 71.8 Å². The Morgan fingerprint density at radius 3 is 2.48 bits per heavy atom. The van der Waals surface area contributed by atoms with E-state index in [9.17, 15) is 8.42 Å². The summed E-state index contributed by atoms with van der Waals surface area (Å²) in [5, 5.41) is 0.489. The van der Waals surface area contributed by atoms with E-state index in [1.165, 1.54) is 24.3 Å². The minimum absolute atomic E-state index is 0.156. The number of hydrogen-bond acceptors (Lipinski definition) is 4. The highest BCUT2D eigenvalue weighted by atomic mass is 35.5. The van der Waals surface area contributed by atoms with Crippen LogP contribution in [0.3, 0.4) is 0 Å². The molecule has 0 radical (unpaired) electrons. The number of furan rings is 1. The zero-order valence-corrected chi connectivity index (χ0v) is 13.5. The van der Waals surface area contributed by atoms with Gasteiger partial charge in [-0.05, 0) is 42.0 Å². The third-order valence-electron chi connectivity index (χ3n) is 3.23. The Hall–Kier alpha value is -2.15. The van der Waals surface area contributed by atoms with Gasteiger partial charge in [0.25, 0.3) is 0 Å². The fraction of sp³-hybridized carbons (Fsp3) is 0.0625. The number of pyridine rings is 1. The summed E-state index contributed by atoms with van der Waals surface area (Å²) in [6, 6.07) is 11.5. The molecule has 0 atom stereocenters. The molecular weight excluding hydrogens is 336 g/mol. The number of hydrogen-bond donors (Lipinski definition) is 1. The SMILES string of the molecule is O=S(=O)(NCc1ccc(-c2ccoc2)nc1)c1ccc(Cl)cc1. The lowest BCUT2D eigenvalue weighted by Gasteiger charge is -2.07. The summed E-state index contributed by atoms with van der Waals surface area (Å²) in [4.78, 5) is 4.47. The van der Waals surface area contributed by atoms with E-state index in [1.807, 2.05) is 18.2 Å². The van der Waals surface area contributed by atoms with Crippen LogP contribution in [0.25, 0.3) is 11.3 Å². The molecule has 0 unspecified atom stereocenters. The Balaban J connectivity index is 1.69. The summed E-state index contributed by atoms with van der Waals surface area (Å²) in [6.45, 7) is 0.156. The van der Waals surface area contributed by atoms with E-state index in [2.05, 4.69) is 9.71 Å². The highest BCUT2D eigenvalue weighted by Crippen LogP contribution is 2.18. The van der Waals surface area contributed by atoms with Gasteiger partial charge in [-0.25, -0.2) is 13.1 Å². The van der Waals surface area contributed by atoms with Gasteiger partial charge in [0.15, 0.2) is 0 Å². The van der Waals surface area contributed by atoms with Crippen LogP contribution in [0, 0.1) is 0 Å². The third kappa shape index (κ3) is 3.79. The van der Waals surface area contributed by atoms with Gasteiger partial charge >= 0.3 is 0 Å². The number of benzene rings is 1. The largest absolute Gasteiger partial charge is 0.472 e. The molecular formula is C16H13ClN2O3S. The molecule has 0 saturated carbocycles. The summed E-state index contributed by atoms with van der Waals surface area (Å²) in [7, 11) is -3.58. The van der Waals surface area contributed by atoms with Crippen molar-refractivity contribution in [2.24, 2.45) is 0 Å². The molecule has 1 aromatic carbocycles. The predicted molar refractivity (Wildman–Crippen MR) is 87.4 cm³/mol. The van der Waals surface area contributed by atoms with Crippen LogP contribution in [-0.4, -0.2) is 13.4 Å². The monoisotopic (exact) mass is 348 g/mol. The molecule has 5 nitrogen and oxygen atoms in total. The normalized spacial score (nSPS) is 11.5. The van der Waals surface area contributed by atoms with Crippen LogP contribution in [0.15, 0.2) is 70.5 Å². The van der Waals surface area contributed by atoms with E-state index in [4.69, 9.17) is 16.0 Å². The Bertz CT molecular complexity index is 874. The minimum Gasteiger partial charge on any atom is -0.472 e. The zero-order valence-electron chi connectivity index (χ0n) is 11.9. The van der Waals surface area contributed by atoms with Gasteiger partial charge in [0.05, 0.1) is 23.1 Å². The predicted octanol–water partition coefficient (Wildman–Crippen LogP) is 3.47. The lowest BCUT2D eigenvalue weighted by atomic mass is 10.2. The number of halogens is 1. The lowest BCUT2D eigenvalue weighted by molar-refractivity contribution is 0.568. The van der Waals surface area contributed by atoms with Crippen LogP contribution < -0.4 is 4.72 Å². The van der Waals surface area contributed by atoms with Gasteiger partial charge in [-0.1, -0.05) is 17.7 Å². The van der Waals surface area contributed by atoms with Gasteiger partial charge in [-0.15, -0.1) is 0 Å². The van der Waals surface area contributed by atoms with Crippen molar-refractivity contribution >= 4 is 21.6 Å². The molecule has 0 aliphatic carbocycles. The minimum atomic E-state index is -3.58. The first kappa shape index (κ1) is 15.7. The van der Waals surface area contributed by atoms with Crippen molar-refractivity contribution in [1.29, 1.82) is 0 Å². The van der Waals surface area contributed by atoms with E-state index >= 15 is 0 Å². The van der Waals surface area contributed by atoms with E-state index in [0.29, 0.717) is 5.02 Å². The molecule has 0 bridgehead atoms. The number of rotatable bonds is 5.